The highest BCUT2D eigenvalue weighted by Gasteiger charge is 2.47. The number of hydrazine groups is 1. The summed E-state index contributed by atoms with van der Waals surface area (Å²) in [7, 11) is 0. The van der Waals surface area contributed by atoms with Crippen LogP contribution in [0.5, 0.6) is 5.75 Å². The van der Waals surface area contributed by atoms with E-state index >= 15 is 0 Å². The summed E-state index contributed by atoms with van der Waals surface area (Å²) < 4.78 is 26.0. The molecule has 0 bridgehead atoms. The van der Waals surface area contributed by atoms with E-state index in [0.717, 1.165) is 81.9 Å². The zero-order valence-electron chi connectivity index (χ0n) is 20.2. The van der Waals surface area contributed by atoms with Crippen LogP contribution in [0.2, 0.25) is 0 Å². The second-order valence-electron chi connectivity index (χ2n) is 10.6. The van der Waals surface area contributed by atoms with Crippen LogP contribution in [0.3, 0.4) is 0 Å². The van der Waals surface area contributed by atoms with E-state index in [1.165, 1.54) is 12.5 Å². The zero-order chi connectivity index (χ0) is 23.7. The van der Waals surface area contributed by atoms with Crippen LogP contribution in [0.4, 0.5) is 9.18 Å². The van der Waals surface area contributed by atoms with Gasteiger partial charge in [-0.15, -0.1) is 5.01 Å². The number of piperidine rings is 1. The molecule has 4 fully saturated rings. The molecule has 0 aromatic heterocycles. The van der Waals surface area contributed by atoms with Crippen LogP contribution >= 0.6 is 0 Å². The first-order valence-electron chi connectivity index (χ1n) is 13.0. The van der Waals surface area contributed by atoms with Gasteiger partial charge in [-0.05, 0) is 81.3 Å². The summed E-state index contributed by atoms with van der Waals surface area (Å²) >= 11 is 0. The molecule has 2 heterocycles. The minimum absolute atomic E-state index is 0.0336. The third-order valence-corrected chi connectivity index (χ3v) is 8.37. The molecule has 34 heavy (non-hydrogen) atoms. The Labute approximate surface area is 201 Å². The fourth-order valence-corrected chi connectivity index (χ4v) is 5.45. The first-order chi connectivity index (χ1) is 16.5. The normalized spacial score (nSPS) is 25.5. The molecule has 0 radical (unpaired) electrons. The molecule has 186 valence electrons. The van der Waals surface area contributed by atoms with E-state index in [1.54, 1.807) is 17.1 Å². The third kappa shape index (κ3) is 5.31. The standard InChI is InChI=1S/C26H37FN3O4/c1-2-26(9-10-26)34-25(31)28-13-6-19(7-14-28)23-16-20(23)8-15-33-22-5-4-21(24(27)17-22)18-30(32)29-11-3-12-29/h4-5,17,19-20,23H,2-3,6-16,18H2,1H3/q+1. The van der Waals surface area contributed by atoms with Gasteiger partial charge < -0.3 is 14.4 Å². The molecule has 2 saturated heterocycles. The number of ether oxygens (including phenoxy) is 2. The van der Waals surface area contributed by atoms with Crippen LogP contribution in [0.15, 0.2) is 18.2 Å². The molecule has 1 aromatic rings. The molecule has 5 rings (SSSR count). The van der Waals surface area contributed by atoms with Gasteiger partial charge in [0.1, 0.15) is 22.0 Å². The van der Waals surface area contributed by atoms with E-state index in [9.17, 15) is 14.1 Å². The monoisotopic (exact) mass is 474 g/mol. The van der Waals surface area contributed by atoms with Gasteiger partial charge in [-0.25, -0.2) is 9.18 Å². The SMILES string of the molecule is CCC1(OC(=O)N2CCC(C3CC3CCOc3ccc(C[N+](=O)N4CCC4)c(F)c3)CC2)CC1. The van der Waals surface area contributed by atoms with Crippen molar-refractivity contribution in [2.45, 2.75) is 70.4 Å². The quantitative estimate of drug-likeness (QED) is 0.451. The maximum Gasteiger partial charge on any atom is 0.410 e. The maximum atomic E-state index is 14.4. The summed E-state index contributed by atoms with van der Waals surface area (Å²) in [6.07, 6.45) is 8.11. The van der Waals surface area contributed by atoms with Crippen molar-refractivity contribution in [3.05, 3.63) is 34.5 Å². The Balaban J connectivity index is 0.995. The van der Waals surface area contributed by atoms with E-state index in [4.69, 9.17) is 9.47 Å². The Hall–Kier alpha value is -2.38. The minimum atomic E-state index is -0.389. The largest absolute Gasteiger partial charge is 0.493 e. The number of carbonyl (C=O) groups excluding carboxylic acids is 1. The number of likely N-dealkylation sites (tertiary alicyclic amines) is 1. The summed E-state index contributed by atoms with van der Waals surface area (Å²) in [5.74, 6) is 2.18. The average Bonchev–Trinajstić information content (AvgIpc) is 3.71. The van der Waals surface area contributed by atoms with Crippen molar-refractivity contribution in [2.75, 3.05) is 32.8 Å². The maximum absolute atomic E-state index is 14.4. The third-order valence-electron chi connectivity index (χ3n) is 8.37. The number of halogens is 1. The van der Waals surface area contributed by atoms with Gasteiger partial charge in [-0.3, -0.25) is 0 Å². The van der Waals surface area contributed by atoms with Gasteiger partial charge in [0, 0.05) is 19.2 Å². The number of carbonyl (C=O) groups is 1. The highest BCUT2D eigenvalue weighted by Crippen LogP contribution is 2.50. The Morgan fingerprint density at radius 1 is 1.21 bits per heavy atom. The molecular weight excluding hydrogens is 437 g/mol. The van der Waals surface area contributed by atoms with Crippen molar-refractivity contribution in [3.63, 3.8) is 0 Å². The molecule has 0 spiro atoms. The Morgan fingerprint density at radius 2 is 1.97 bits per heavy atom. The van der Waals surface area contributed by atoms with Gasteiger partial charge in [0.2, 0.25) is 0 Å². The minimum Gasteiger partial charge on any atom is -0.493 e. The summed E-state index contributed by atoms with van der Waals surface area (Å²) in [5.41, 5.74) is 0.234. The highest BCUT2D eigenvalue weighted by molar-refractivity contribution is 5.68. The topological polar surface area (TPSA) is 62.1 Å². The van der Waals surface area contributed by atoms with Crippen molar-refractivity contribution in [1.82, 2.24) is 9.91 Å². The molecule has 4 aliphatic rings. The van der Waals surface area contributed by atoms with E-state index in [2.05, 4.69) is 6.92 Å². The first kappa shape index (κ1) is 23.4. The van der Waals surface area contributed by atoms with Crippen molar-refractivity contribution < 1.29 is 23.5 Å². The van der Waals surface area contributed by atoms with Gasteiger partial charge in [0.25, 0.3) is 6.54 Å². The smallest absolute Gasteiger partial charge is 0.410 e. The molecule has 2 atom stereocenters. The van der Waals surface area contributed by atoms with Gasteiger partial charge in [0.15, 0.2) is 0 Å². The Morgan fingerprint density at radius 3 is 2.59 bits per heavy atom. The van der Waals surface area contributed by atoms with E-state index in [0.29, 0.717) is 29.8 Å². The summed E-state index contributed by atoms with van der Waals surface area (Å²) in [4.78, 5) is 27.2. The lowest BCUT2D eigenvalue weighted by Gasteiger charge is -2.32. The van der Waals surface area contributed by atoms with Crippen LogP contribution in [0, 0.1) is 28.5 Å². The molecule has 7 nitrogen and oxygen atoms in total. The predicted octanol–water partition coefficient (Wildman–Crippen LogP) is 4.92. The second kappa shape index (κ2) is 9.70. The summed E-state index contributed by atoms with van der Waals surface area (Å²) in [6, 6.07) is 4.80. The molecule has 2 unspecified atom stereocenters. The Kier molecular flexibility index (Phi) is 6.67. The fourth-order valence-electron chi connectivity index (χ4n) is 5.45. The van der Waals surface area contributed by atoms with Crippen molar-refractivity contribution in [2.24, 2.45) is 17.8 Å². The molecular formula is C26H37FN3O4+. The number of nitroso groups, excluding NO2 is 1. The van der Waals surface area contributed by atoms with E-state index < -0.39 is 0 Å². The van der Waals surface area contributed by atoms with Gasteiger partial charge in [0.05, 0.1) is 30.2 Å². The first-order valence-corrected chi connectivity index (χ1v) is 13.0. The van der Waals surface area contributed by atoms with Crippen LogP contribution in [-0.2, 0) is 11.3 Å². The van der Waals surface area contributed by atoms with Crippen LogP contribution in [0.1, 0.15) is 63.9 Å². The van der Waals surface area contributed by atoms with Crippen LogP contribution in [0.25, 0.3) is 0 Å². The molecule has 0 N–H and O–H groups in total. The predicted molar refractivity (Wildman–Crippen MR) is 125 cm³/mol. The van der Waals surface area contributed by atoms with Crippen LogP contribution < -0.4 is 4.74 Å². The van der Waals surface area contributed by atoms with Crippen molar-refractivity contribution in [1.29, 1.82) is 0 Å². The number of rotatable bonds is 10. The molecule has 2 aliphatic carbocycles. The summed E-state index contributed by atoms with van der Waals surface area (Å²) in [6.45, 7) is 5.79. The summed E-state index contributed by atoms with van der Waals surface area (Å²) in [5, 5.41) is 1.68. The number of hydrogen-bond acceptors (Lipinski definition) is 4. The van der Waals surface area contributed by atoms with Gasteiger partial charge >= 0.3 is 6.09 Å². The highest BCUT2D eigenvalue weighted by atomic mass is 19.1. The molecule has 2 saturated carbocycles. The van der Waals surface area contributed by atoms with Crippen molar-refractivity contribution >= 4 is 6.09 Å². The van der Waals surface area contributed by atoms with E-state index in [-0.39, 0.29) is 24.1 Å². The molecule has 1 amide bonds. The average molecular weight is 475 g/mol. The number of benzene rings is 1. The van der Waals surface area contributed by atoms with Crippen molar-refractivity contribution in [3.8, 4) is 5.75 Å². The fraction of sp³-hybridized carbons (Fsp3) is 0.731. The molecule has 1 aromatic carbocycles. The lowest BCUT2D eigenvalue weighted by molar-refractivity contribution is -0.732. The van der Waals surface area contributed by atoms with E-state index in [1.807, 2.05) is 4.90 Å². The molecule has 8 heteroatoms. The number of amides is 1. The second-order valence-corrected chi connectivity index (χ2v) is 10.6. The zero-order valence-corrected chi connectivity index (χ0v) is 20.2. The lowest BCUT2D eigenvalue weighted by Crippen LogP contribution is -2.43. The number of hydrogen-bond donors (Lipinski definition) is 0. The lowest BCUT2D eigenvalue weighted by atomic mass is 9.91. The van der Waals surface area contributed by atoms with Gasteiger partial charge in [-0.1, -0.05) is 6.92 Å². The Bertz CT molecular complexity index is 909. The number of nitrogens with zero attached hydrogens (tertiary/aromatic N) is 3. The van der Waals surface area contributed by atoms with Crippen LogP contribution in [-0.4, -0.2) is 59.3 Å². The molecule has 2 aliphatic heterocycles. The van der Waals surface area contributed by atoms with Gasteiger partial charge in [-0.2, -0.15) is 0 Å².